The van der Waals surface area contributed by atoms with Crippen LogP contribution in [0.3, 0.4) is 0 Å². The van der Waals surface area contributed by atoms with Crippen LogP contribution in [0.1, 0.15) is 31.7 Å². The topological polar surface area (TPSA) is 51.1 Å². The Labute approximate surface area is 108 Å². The lowest BCUT2D eigenvalue weighted by Crippen LogP contribution is -2.01. The number of hydrogen-bond acceptors (Lipinski definition) is 4. The predicted molar refractivity (Wildman–Crippen MR) is 71.7 cm³/mol. The molecule has 1 aromatic carbocycles. The van der Waals surface area contributed by atoms with Crippen LogP contribution in [-0.2, 0) is 4.74 Å². The van der Waals surface area contributed by atoms with Gasteiger partial charge in [-0.1, -0.05) is 12.1 Å². The van der Waals surface area contributed by atoms with Crippen LogP contribution in [0, 0.1) is 0 Å². The largest absolute Gasteiger partial charge is 0.494 e. The molecular weight excluding hydrogens is 230 g/mol. The molecule has 4 nitrogen and oxygen atoms in total. The Balaban J connectivity index is 2.41. The number of methoxy groups -OCH3 is 1. The fourth-order valence-electron chi connectivity index (χ4n) is 1.61. The van der Waals surface area contributed by atoms with Gasteiger partial charge in [0.2, 0.25) is 0 Å². The van der Waals surface area contributed by atoms with Crippen LogP contribution in [0.2, 0.25) is 0 Å². The third kappa shape index (κ3) is 4.75. The fraction of sp³-hybridized carbons (Fsp3) is 0.500. The van der Waals surface area contributed by atoms with Crippen LogP contribution in [0.5, 0.6) is 5.75 Å². The van der Waals surface area contributed by atoms with Crippen molar-refractivity contribution in [1.29, 1.82) is 0 Å². The Morgan fingerprint density at radius 2 is 1.83 bits per heavy atom. The van der Waals surface area contributed by atoms with E-state index in [4.69, 9.17) is 14.7 Å². The van der Waals surface area contributed by atoms with Gasteiger partial charge in [-0.3, -0.25) is 0 Å². The first-order valence-corrected chi connectivity index (χ1v) is 6.25. The molecule has 0 aromatic heterocycles. The van der Waals surface area contributed by atoms with E-state index in [1.54, 1.807) is 7.11 Å². The molecule has 0 amide bonds. The van der Waals surface area contributed by atoms with Gasteiger partial charge >= 0.3 is 0 Å². The first-order chi connectivity index (χ1) is 8.81. The van der Waals surface area contributed by atoms with E-state index in [1.165, 1.54) is 0 Å². The number of hydrogen-bond donors (Lipinski definition) is 1. The van der Waals surface area contributed by atoms with E-state index in [-0.39, 0.29) is 0 Å². The first-order valence-electron chi connectivity index (χ1n) is 6.25. The van der Waals surface area contributed by atoms with Gasteiger partial charge in [0.05, 0.1) is 12.3 Å². The third-order valence-electron chi connectivity index (χ3n) is 2.65. The summed E-state index contributed by atoms with van der Waals surface area (Å²) in [7, 11) is 1.70. The Hall–Kier alpha value is -1.55. The van der Waals surface area contributed by atoms with Crippen LogP contribution >= 0.6 is 0 Å². The van der Waals surface area contributed by atoms with Crippen molar-refractivity contribution >= 4 is 5.71 Å². The SMILES string of the molecule is CC/C(=N/O)c1ccc(OCCCCOC)cc1. The normalized spacial score (nSPS) is 11.6. The first kappa shape index (κ1) is 14.5. The van der Waals surface area contributed by atoms with Gasteiger partial charge in [0.15, 0.2) is 0 Å². The van der Waals surface area contributed by atoms with Crippen molar-refractivity contribution in [3.63, 3.8) is 0 Å². The summed E-state index contributed by atoms with van der Waals surface area (Å²) in [5.41, 5.74) is 1.60. The summed E-state index contributed by atoms with van der Waals surface area (Å²) in [4.78, 5) is 0. The minimum atomic E-state index is 0.682. The molecule has 1 rings (SSSR count). The van der Waals surface area contributed by atoms with Gasteiger partial charge in [-0.2, -0.15) is 0 Å². The Bertz CT molecular complexity index is 360. The van der Waals surface area contributed by atoms with Gasteiger partial charge in [-0.25, -0.2) is 0 Å². The quantitative estimate of drug-likeness (QED) is 0.334. The van der Waals surface area contributed by atoms with E-state index in [9.17, 15) is 0 Å². The van der Waals surface area contributed by atoms with E-state index in [0.29, 0.717) is 18.7 Å². The summed E-state index contributed by atoms with van der Waals surface area (Å²) in [6, 6.07) is 7.60. The highest BCUT2D eigenvalue weighted by Gasteiger charge is 2.02. The molecule has 0 saturated heterocycles. The molecule has 18 heavy (non-hydrogen) atoms. The molecule has 0 unspecified atom stereocenters. The van der Waals surface area contributed by atoms with Crippen molar-refractivity contribution in [3.8, 4) is 5.75 Å². The lowest BCUT2D eigenvalue weighted by atomic mass is 10.1. The Morgan fingerprint density at radius 3 is 2.39 bits per heavy atom. The molecule has 100 valence electrons. The maximum Gasteiger partial charge on any atom is 0.119 e. The molecule has 4 heteroatoms. The van der Waals surface area contributed by atoms with E-state index in [0.717, 1.165) is 30.8 Å². The van der Waals surface area contributed by atoms with Crippen LogP contribution in [-0.4, -0.2) is 31.2 Å². The van der Waals surface area contributed by atoms with E-state index < -0.39 is 0 Å². The monoisotopic (exact) mass is 251 g/mol. The summed E-state index contributed by atoms with van der Waals surface area (Å²) in [6.45, 7) is 3.42. The zero-order valence-electron chi connectivity index (χ0n) is 11.1. The molecule has 0 bridgehead atoms. The summed E-state index contributed by atoms with van der Waals surface area (Å²) >= 11 is 0. The molecule has 1 N–H and O–H groups in total. The van der Waals surface area contributed by atoms with E-state index in [2.05, 4.69) is 5.16 Å². The van der Waals surface area contributed by atoms with Gasteiger partial charge in [0.25, 0.3) is 0 Å². The number of ether oxygens (including phenoxy) is 2. The number of rotatable bonds is 8. The Morgan fingerprint density at radius 1 is 1.17 bits per heavy atom. The van der Waals surface area contributed by atoms with Crippen molar-refractivity contribution in [1.82, 2.24) is 0 Å². The average Bonchev–Trinajstić information content (AvgIpc) is 2.41. The maximum absolute atomic E-state index is 8.82. The minimum absolute atomic E-state index is 0.682. The molecule has 0 aliphatic rings. The second-order valence-corrected chi connectivity index (χ2v) is 3.97. The van der Waals surface area contributed by atoms with Crippen LogP contribution in [0.15, 0.2) is 29.4 Å². The molecule has 0 saturated carbocycles. The second kappa shape index (κ2) is 8.53. The second-order valence-electron chi connectivity index (χ2n) is 3.97. The third-order valence-corrected chi connectivity index (χ3v) is 2.65. The van der Waals surface area contributed by atoms with Crippen molar-refractivity contribution in [2.24, 2.45) is 5.16 Å². The molecule has 0 radical (unpaired) electrons. The van der Waals surface area contributed by atoms with Crippen molar-refractivity contribution in [3.05, 3.63) is 29.8 Å². The number of nitrogens with zero attached hydrogens (tertiary/aromatic N) is 1. The maximum atomic E-state index is 8.82. The highest BCUT2D eigenvalue weighted by Crippen LogP contribution is 2.14. The zero-order valence-corrected chi connectivity index (χ0v) is 11.1. The molecular formula is C14H21NO3. The summed E-state index contributed by atoms with van der Waals surface area (Å²) in [5, 5.41) is 12.1. The molecule has 0 aliphatic heterocycles. The van der Waals surface area contributed by atoms with Crippen LogP contribution < -0.4 is 4.74 Å². The molecule has 0 aliphatic carbocycles. The lowest BCUT2D eigenvalue weighted by molar-refractivity contribution is 0.184. The zero-order chi connectivity index (χ0) is 13.2. The van der Waals surface area contributed by atoms with Gasteiger partial charge in [-0.05, 0) is 49.1 Å². The molecule has 0 heterocycles. The number of benzene rings is 1. The standard InChI is InChI=1S/C14H21NO3/c1-3-14(15-16)12-6-8-13(9-7-12)18-11-5-4-10-17-2/h6-9,16H,3-5,10-11H2,1-2H3/b15-14-. The summed E-state index contributed by atoms with van der Waals surface area (Å²) in [5.74, 6) is 0.838. The van der Waals surface area contributed by atoms with E-state index >= 15 is 0 Å². The van der Waals surface area contributed by atoms with Gasteiger partial charge in [0.1, 0.15) is 5.75 Å². The summed E-state index contributed by atoms with van der Waals surface area (Å²) < 4.78 is 10.6. The van der Waals surface area contributed by atoms with Crippen LogP contribution in [0.25, 0.3) is 0 Å². The predicted octanol–water partition coefficient (Wildman–Crippen LogP) is 3.08. The van der Waals surface area contributed by atoms with E-state index in [1.807, 2.05) is 31.2 Å². The van der Waals surface area contributed by atoms with Crippen molar-refractivity contribution in [2.75, 3.05) is 20.3 Å². The van der Waals surface area contributed by atoms with Crippen molar-refractivity contribution in [2.45, 2.75) is 26.2 Å². The van der Waals surface area contributed by atoms with Gasteiger partial charge < -0.3 is 14.7 Å². The average molecular weight is 251 g/mol. The van der Waals surface area contributed by atoms with Gasteiger partial charge in [-0.15, -0.1) is 0 Å². The summed E-state index contributed by atoms with van der Waals surface area (Å²) in [6.07, 6.45) is 2.69. The molecule has 0 atom stereocenters. The van der Waals surface area contributed by atoms with Crippen LogP contribution in [0.4, 0.5) is 0 Å². The smallest absolute Gasteiger partial charge is 0.119 e. The Kier molecular flexibility index (Phi) is 6.87. The highest BCUT2D eigenvalue weighted by atomic mass is 16.5. The molecule has 0 spiro atoms. The highest BCUT2D eigenvalue weighted by molar-refractivity contribution is 6.00. The van der Waals surface area contributed by atoms with Gasteiger partial charge in [0, 0.05) is 13.7 Å². The lowest BCUT2D eigenvalue weighted by Gasteiger charge is -2.07. The molecule has 0 fully saturated rings. The van der Waals surface area contributed by atoms with Crippen molar-refractivity contribution < 1.29 is 14.7 Å². The number of oxime groups is 1. The number of unbranched alkanes of at least 4 members (excludes halogenated alkanes) is 1. The minimum Gasteiger partial charge on any atom is -0.494 e. The fourth-order valence-corrected chi connectivity index (χ4v) is 1.61. The molecule has 1 aromatic rings.